The van der Waals surface area contributed by atoms with Crippen LogP contribution in [-0.2, 0) is 9.53 Å². The molecule has 0 aromatic rings. The van der Waals surface area contributed by atoms with Crippen LogP contribution in [0, 0.1) is 50.2 Å². The molecule has 2 bridgehead atoms. The number of hydrogen-bond acceptors (Lipinski definition) is 3. The number of carbonyl (C=O) groups excluding carboxylic acids is 1. The van der Waals surface area contributed by atoms with E-state index in [9.17, 15) is 9.90 Å². The molecule has 9 atom stereocenters. The highest BCUT2D eigenvalue weighted by atomic mass is 16.6. The Balaban J connectivity index is 1.44. The Hall–Kier alpha value is -0.830. The molecule has 184 valence electrons. The van der Waals surface area contributed by atoms with E-state index in [1.165, 1.54) is 12.8 Å². The number of ether oxygens (including phenoxy) is 1. The average Bonchev–Trinajstić information content (AvgIpc) is 3.03. The topological polar surface area (TPSA) is 46.5 Å². The van der Waals surface area contributed by atoms with Crippen molar-refractivity contribution < 1.29 is 14.6 Å². The lowest BCUT2D eigenvalue weighted by atomic mass is 9.33. The van der Waals surface area contributed by atoms with E-state index in [4.69, 9.17) is 4.74 Å². The molecule has 6 rings (SSSR count). The molecule has 1 N–H and O–H groups in total. The summed E-state index contributed by atoms with van der Waals surface area (Å²) < 4.78 is 6.03. The zero-order chi connectivity index (χ0) is 23.8. The monoisotopic (exact) mass is 454 g/mol. The summed E-state index contributed by atoms with van der Waals surface area (Å²) in [4.78, 5) is 13.3. The summed E-state index contributed by atoms with van der Waals surface area (Å²) >= 11 is 0. The van der Waals surface area contributed by atoms with Gasteiger partial charge < -0.3 is 9.84 Å². The smallest absolute Gasteiger partial charge is 0.313 e. The lowest BCUT2D eigenvalue weighted by molar-refractivity contribution is -0.202. The second kappa shape index (κ2) is 6.29. The molecule has 3 nitrogen and oxygen atoms in total. The second-order valence-corrected chi connectivity index (χ2v) is 15.2. The predicted octanol–water partition coefficient (Wildman–Crippen LogP) is 6.68. The fraction of sp³-hybridized carbons (Fsp3) is 0.900. The first-order valence-electron chi connectivity index (χ1n) is 13.8. The molecule has 0 radical (unpaired) electrons. The van der Waals surface area contributed by atoms with Crippen LogP contribution in [0.25, 0.3) is 0 Å². The van der Waals surface area contributed by atoms with Crippen LogP contribution in [0.2, 0.25) is 0 Å². The number of carbonyl (C=O) groups is 1. The van der Waals surface area contributed by atoms with Crippen LogP contribution in [-0.4, -0.2) is 23.3 Å². The minimum Gasteiger partial charge on any atom is -0.461 e. The van der Waals surface area contributed by atoms with Gasteiger partial charge in [-0.3, -0.25) is 4.79 Å². The summed E-state index contributed by atoms with van der Waals surface area (Å²) in [6.07, 6.45) is 12.4. The first-order chi connectivity index (χ1) is 15.2. The summed E-state index contributed by atoms with van der Waals surface area (Å²) in [6.45, 7) is 17.1. The Morgan fingerprint density at radius 1 is 0.909 bits per heavy atom. The number of rotatable bonds is 0. The Bertz CT molecular complexity index is 931. The van der Waals surface area contributed by atoms with Crippen molar-refractivity contribution in [3.63, 3.8) is 0 Å². The summed E-state index contributed by atoms with van der Waals surface area (Å²) in [5.41, 5.74) is 2.11. The molecule has 5 aliphatic carbocycles. The van der Waals surface area contributed by atoms with E-state index in [-0.39, 0.29) is 50.7 Å². The van der Waals surface area contributed by atoms with Gasteiger partial charge >= 0.3 is 5.97 Å². The maximum absolute atomic E-state index is 13.3. The summed E-state index contributed by atoms with van der Waals surface area (Å²) in [5.74, 6) is 1.69. The van der Waals surface area contributed by atoms with Gasteiger partial charge in [-0.15, -0.1) is 0 Å². The van der Waals surface area contributed by atoms with E-state index >= 15 is 0 Å². The third-order valence-corrected chi connectivity index (χ3v) is 13.4. The molecule has 0 aromatic heterocycles. The van der Waals surface area contributed by atoms with Crippen LogP contribution in [0.3, 0.4) is 0 Å². The highest BCUT2D eigenvalue weighted by molar-refractivity contribution is 5.81. The Morgan fingerprint density at radius 2 is 1.64 bits per heavy atom. The van der Waals surface area contributed by atoms with Gasteiger partial charge in [0.05, 0.1) is 11.5 Å². The molecule has 4 saturated carbocycles. The van der Waals surface area contributed by atoms with E-state index in [1.807, 2.05) is 0 Å². The molecule has 1 spiro atoms. The molecule has 1 saturated heterocycles. The molecule has 0 amide bonds. The largest absolute Gasteiger partial charge is 0.461 e. The Kier molecular flexibility index (Phi) is 4.31. The van der Waals surface area contributed by atoms with Crippen LogP contribution in [0.5, 0.6) is 0 Å². The number of esters is 1. The van der Waals surface area contributed by atoms with Crippen molar-refractivity contribution in [2.24, 2.45) is 50.2 Å². The lowest BCUT2D eigenvalue weighted by Gasteiger charge is -2.70. The number of aliphatic hydroxyl groups excluding tert-OH is 1. The maximum Gasteiger partial charge on any atom is 0.313 e. The van der Waals surface area contributed by atoms with Crippen molar-refractivity contribution in [1.82, 2.24) is 0 Å². The number of fused-ring (bicyclic) bond motifs is 7. The lowest BCUT2D eigenvalue weighted by Crippen LogP contribution is -2.64. The summed E-state index contributed by atoms with van der Waals surface area (Å²) in [5, 5.41) is 10.9. The molecule has 33 heavy (non-hydrogen) atoms. The minimum absolute atomic E-state index is 0.00807. The van der Waals surface area contributed by atoms with Crippen LogP contribution < -0.4 is 0 Å². The highest BCUT2D eigenvalue weighted by Crippen LogP contribution is 2.76. The van der Waals surface area contributed by atoms with Gasteiger partial charge in [-0.1, -0.05) is 60.1 Å². The standard InChI is InChI=1S/C30H46O3/c1-25(2)16-19-18-8-9-21-27(5)12-11-22(31)26(3,4)20(27)10-13-29(21,7)28(18,6)14-15-30(19)17-23(25)33-24(30)32/h8,19-23,31H,9-17H2,1-7H3/t19-,20-,21?,22-,23-,27-,28+,29+,30+/m0/s1. The maximum atomic E-state index is 13.3. The predicted molar refractivity (Wildman–Crippen MR) is 130 cm³/mol. The van der Waals surface area contributed by atoms with Gasteiger partial charge in [0.15, 0.2) is 0 Å². The molecular weight excluding hydrogens is 408 g/mol. The quantitative estimate of drug-likeness (QED) is 0.328. The van der Waals surface area contributed by atoms with E-state index in [1.54, 1.807) is 5.57 Å². The van der Waals surface area contributed by atoms with E-state index < -0.39 is 0 Å². The van der Waals surface area contributed by atoms with Gasteiger partial charge in [0, 0.05) is 11.8 Å². The third-order valence-electron chi connectivity index (χ3n) is 13.4. The normalized spacial score (nSPS) is 55.9. The van der Waals surface area contributed by atoms with E-state index in [0.29, 0.717) is 17.8 Å². The molecule has 1 unspecified atom stereocenters. The molecular formula is C30H46O3. The van der Waals surface area contributed by atoms with Crippen LogP contribution >= 0.6 is 0 Å². The third kappa shape index (κ3) is 2.44. The molecule has 1 aliphatic heterocycles. The van der Waals surface area contributed by atoms with Crippen LogP contribution in [0.4, 0.5) is 0 Å². The van der Waals surface area contributed by atoms with Crippen molar-refractivity contribution in [3.05, 3.63) is 11.6 Å². The van der Waals surface area contributed by atoms with Crippen LogP contribution in [0.15, 0.2) is 11.6 Å². The van der Waals surface area contributed by atoms with Gasteiger partial charge in [0.1, 0.15) is 6.10 Å². The summed E-state index contributed by atoms with van der Waals surface area (Å²) in [6, 6.07) is 0. The van der Waals surface area contributed by atoms with Crippen molar-refractivity contribution in [2.75, 3.05) is 0 Å². The van der Waals surface area contributed by atoms with Gasteiger partial charge in [-0.25, -0.2) is 0 Å². The van der Waals surface area contributed by atoms with Crippen molar-refractivity contribution in [1.29, 1.82) is 0 Å². The first kappa shape index (κ1) is 22.6. The number of aliphatic hydroxyl groups is 1. The number of hydrogen-bond donors (Lipinski definition) is 1. The van der Waals surface area contributed by atoms with Crippen LogP contribution in [0.1, 0.15) is 106 Å². The Morgan fingerprint density at radius 3 is 2.36 bits per heavy atom. The van der Waals surface area contributed by atoms with E-state index in [0.717, 1.165) is 44.9 Å². The van der Waals surface area contributed by atoms with Gasteiger partial charge in [0.25, 0.3) is 0 Å². The molecule has 5 fully saturated rings. The molecule has 1 heterocycles. The number of allylic oxidation sites excluding steroid dienone is 2. The minimum atomic E-state index is -0.257. The zero-order valence-corrected chi connectivity index (χ0v) is 22.1. The first-order valence-corrected chi connectivity index (χ1v) is 13.8. The van der Waals surface area contributed by atoms with Crippen molar-refractivity contribution in [3.8, 4) is 0 Å². The van der Waals surface area contributed by atoms with Gasteiger partial charge in [0.2, 0.25) is 0 Å². The molecule has 3 heteroatoms. The average molecular weight is 455 g/mol. The van der Waals surface area contributed by atoms with Gasteiger partial charge in [-0.05, 0) is 90.8 Å². The summed E-state index contributed by atoms with van der Waals surface area (Å²) in [7, 11) is 0. The molecule has 6 aliphatic rings. The highest BCUT2D eigenvalue weighted by Gasteiger charge is 2.71. The van der Waals surface area contributed by atoms with Crippen molar-refractivity contribution in [2.45, 2.75) is 118 Å². The SMILES string of the molecule is CC1(C)C[C@H]2C3=CCC4[C@@]5(C)CC[C@H](O)C(C)(C)[C@@H]5CC[C@@]4(C)[C@]3(C)CC[C@@]23C[C@@H]1OC3=O. The Labute approximate surface area is 201 Å². The molecule has 0 aromatic carbocycles. The van der Waals surface area contributed by atoms with Crippen molar-refractivity contribution >= 4 is 5.97 Å². The fourth-order valence-corrected chi connectivity index (χ4v) is 11.0. The second-order valence-electron chi connectivity index (χ2n) is 15.2. The zero-order valence-electron chi connectivity index (χ0n) is 22.1. The fourth-order valence-electron chi connectivity index (χ4n) is 11.0. The van der Waals surface area contributed by atoms with E-state index in [2.05, 4.69) is 54.5 Å². The van der Waals surface area contributed by atoms with Gasteiger partial charge in [-0.2, -0.15) is 0 Å².